The monoisotopic (exact) mass is 203 g/mol. The first kappa shape index (κ1) is 9.71. The Kier molecular flexibility index (Phi) is 2.67. The minimum Gasteiger partial charge on any atom is -0.369 e. The number of hydrogen-bond donors (Lipinski definition) is 2. The van der Waals surface area contributed by atoms with E-state index >= 15 is 0 Å². The van der Waals surface area contributed by atoms with Crippen LogP contribution in [0.1, 0.15) is 13.3 Å². The quantitative estimate of drug-likeness (QED) is 0.798. The van der Waals surface area contributed by atoms with Crippen molar-refractivity contribution in [2.24, 2.45) is 0 Å². The molecule has 0 saturated heterocycles. The first-order chi connectivity index (χ1) is 7.31. The van der Waals surface area contributed by atoms with Crippen molar-refractivity contribution in [2.75, 3.05) is 11.9 Å². The number of hydrogen-bond acceptors (Lipinski definition) is 3. The van der Waals surface area contributed by atoms with Gasteiger partial charge in [-0.05, 0) is 18.6 Å². The number of aromatic amines is 1. The molecule has 0 spiro atoms. The fraction of sp³-hybridized carbons (Fsp3) is 0.273. The Balaban J connectivity index is 2.55. The van der Waals surface area contributed by atoms with E-state index in [4.69, 9.17) is 0 Å². The van der Waals surface area contributed by atoms with Gasteiger partial charge in [0.25, 0.3) is 0 Å². The first-order valence-electron chi connectivity index (χ1n) is 5.04. The number of benzene rings is 1. The molecule has 0 aliphatic rings. The van der Waals surface area contributed by atoms with Gasteiger partial charge in [0.05, 0.1) is 5.52 Å². The zero-order chi connectivity index (χ0) is 10.7. The third-order valence-electron chi connectivity index (χ3n) is 2.18. The summed E-state index contributed by atoms with van der Waals surface area (Å²) in [5, 5.41) is 4.10. The minimum atomic E-state index is -0.313. The summed E-state index contributed by atoms with van der Waals surface area (Å²) >= 11 is 0. The molecule has 0 amide bonds. The van der Waals surface area contributed by atoms with Gasteiger partial charge in [-0.15, -0.1) is 0 Å². The molecule has 0 bridgehead atoms. The third kappa shape index (κ3) is 1.98. The highest BCUT2D eigenvalue weighted by atomic mass is 16.1. The van der Waals surface area contributed by atoms with Crippen LogP contribution in [0.5, 0.6) is 0 Å². The molecule has 0 aliphatic carbocycles. The molecule has 2 N–H and O–H groups in total. The van der Waals surface area contributed by atoms with E-state index < -0.39 is 0 Å². The van der Waals surface area contributed by atoms with E-state index in [1.54, 1.807) is 0 Å². The summed E-state index contributed by atoms with van der Waals surface area (Å²) in [6, 6.07) is 7.63. The SMILES string of the molecule is CCCNc1nc(=O)[nH]c2ccccc12. The number of nitrogens with zero attached hydrogens (tertiary/aromatic N) is 1. The summed E-state index contributed by atoms with van der Waals surface area (Å²) < 4.78 is 0. The van der Waals surface area contributed by atoms with Crippen molar-refractivity contribution in [1.82, 2.24) is 9.97 Å². The Labute approximate surface area is 87.4 Å². The molecule has 1 aromatic carbocycles. The molecule has 0 radical (unpaired) electrons. The predicted octanol–water partition coefficient (Wildman–Crippen LogP) is 1.74. The molecule has 0 unspecified atom stereocenters. The number of anilines is 1. The van der Waals surface area contributed by atoms with Crippen LogP contribution in [0.4, 0.5) is 5.82 Å². The summed E-state index contributed by atoms with van der Waals surface area (Å²) in [5.41, 5.74) is 0.503. The van der Waals surface area contributed by atoms with Crippen molar-refractivity contribution in [1.29, 1.82) is 0 Å². The number of para-hydroxylation sites is 1. The lowest BCUT2D eigenvalue weighted by Crippen LogP contribution is -2.14. The molecular weight excluding hydrogens is 190 g/mol. The third-order valence-corrected chi connectivity index (χ3v) is 2.18. The van der Waals surface area contributed by atoms with Crippen LogP contribution in [-0.4, -0.2) is 16.5 Å². The van der Waals surface area contributed by atoms with E-state index in [0.29, 0.717) is 5.82 Å². The van der Waals surface area contributed by atoms with Gasteiger partial charge in [-0.25, -0.2) is 4.79 Å². The van der Waals surface area contributed by atoms with Gasteiger partial charge in [-0.3, -0.25) is 0 Å². The molecule has 0 fully saturated rings. The maximum atomic E-state index is 11.3. The van der Waals surface area contributed by atoms with Crippen LogP contribution in [-0.2, 0) is 0 Å². The van der Waals surface area contributed by atoms with Gasteiger partial charge >= 0.3 is 5.69 Å². The summed E-state index contributed by atoms with van der Waals surface area (Å²) in [4.78, 5) is 17.9. The molecule has 0 atom stereocenters. The summed E-state index contributed by atoms with van der Waals surface area (Å²) in [6.07, 6.45) is 1.00. The van der Waals surface area contributed by atoms with Crippen LogP contribution in [0.15, 0.2) is 29.1 Å². The lowest BCUT2D eigenvalue weighted by Gasteiger charge is -2.06. The molecule has 15 heavy (non-hydrogen) atoms. The molecule has 1 aromatic heterocycles. The number of fused-ring (bicyclic) bond motifs is 1. The first-order valence-corrected chi connectivity index (χ1v) is 5.04. The van der Waals surface area contributed by atoms with E-state index in [1.807, 2.05) is 24.3 Å². The van der Waals surface area contributed by atoms with E-state index in [1.165, 1.54) is 0 Å². The minimum absolute atomic E-state index is 0.313. The molecule has 0 saturated carbocycles. The molecule has 78 valence electrons. The van der Waals surface area contributed by atoms with E-state index in [9.17, 15) is 4.79 Å². The summed E-state index contributed by atoms with van der Waals surface area (Å²) in [5.74, 6) is 0.663. The molecule has 4 nitrogen and oxygen atoms in total. The van der Waals surface area contributed by atoms with E-state index in [-0.39, 0.29) is 5.69 Å². The van der Waals surface area contributed by atoms with Crippen LogP contribution in [0, 0.1) is 0 Å². The number of H-pyrrole nitrogens is 1. The average Bonchev–Trinajstić information content (AvgIpc) is 2.25. The molecule has 1 heterocycles. The van der Waals surface area contributed by atoms with Crippen LogP contribution < -0.4 is 11.0 Å². The van der Waals surface area contributed by atoms with Gasteiger partial charge < -0.3 is 10.3 Å². The molecular formula is C11H13N3O. The van der Waals surface area contributed by atoms with Crippen LogP contribution in [0.3, 0.4) is 0 Å². The topological polar surface area (TPSA) is 57.8 Å². The summed E-state index contributed by atoms with van der Waals surface area (Å²) in [6.45, 7) is 2.89. The Morgan fingerprint density at radius 2 is 2.20 bits per heavy atom. The molecule has 0 aliphatic heterocycles. The Hall–Kier alpha value is -1.84. The number of aromatic nitrogens is 2. The van der Waals surface area contributed by atoms with Gasteiger partial charge in [-0.2, -0.15) is 4.98 Å². The van der Waals surface area contributed by atoms with Gasteiger partial charge in [0.1, 0.15) is 5.82 Å². The Morgan fingerprint density at radius 3 is 3.00 bits per heavy atom. The molecule has 4 heteroatoms. The maximum absolute atomic E-state index is 11.3. The second kappa shape index (κ2) is 4.13. The fourth-order valence-electron chi connectivity index (χ4n) is 1.48. The van der Waals surface area contributed by atoms with Crippen molar-refractivity contribution in [2.45, 2.75) is 13.3 Å². The highest BCUT2D eigenvalue weighted by Gasteiger charge is 2.02. The normalized spacial score (nSPS) is 10.5. The second-order valence-corrected chi connectivity index (χ2v) is 3.36. The highest BCUT2D eigenvalue weighted by Crippen LogP contribution is 2.16. The zero-order valence-electron chi connectivity index (χ0n) is 8.58. The van der Waals surface area contributed by atoms with Crippen molar-refractivity contribution in [3.8, 4) is 0 Å². The number of rotatable bonds is 3. The lowest BCUT2D eigenvalue weighted by molar-refractivity contribution is 0.964. The van der Waals surface area contributed by atoms with Crippen molar-refractivity contribution in [3.05, 3.63) is 34.7 Å². The van der Waals surface area contributed by atoms with Crippen molar-refractivity contribution >= 4 is 16.7 Å². The van der Waals surface area contributed by atoms with Crippen LogP contribution in [0.25, 0.3) is 10.9 Å². The zero-order valence-corrected chi connectivity index (χ0v) is 8.58. The number of nitrogens with one attached hydrogen (secondary N) is 2. The van der Waals surface area contributed by atoms with Crippen molar-refractivity contribution < 1.29 is 0 Å². The van der Waals surface area contributed by atoms with Crippen LogP contribution >= 0.6 is 0 Å². The fourth-order valence-corrected chi connectivity index (χ4v) is 1.48. The average molecular weight is 203 g/mol. The standard InChI is InChI=1S/C11H13N3O/c1-2-7-12-10-8-5-3-4-6-9(8)13-11(15)14-10/h3-6H,2,7H2,1H3,(H2,12,13,14,15). The van der Waals surface area contributed by atoms with Crippen molar-refractivity contribution in [3.63, 3.8) is 0 Å². The predicted molar refractivity (Wildman–Crippen MR) is 61.1 cm³/mol. The summed E-state index contributed by atoms with van der Waals surface area (Å²) in [7, 11) is 0. The molecule has 2 aromatic rings. The van der Waals surface area contributed by atoms with Gasteiger partial charge in [0.15, 0.2) is 0 Å². The van der Waals surface area contributed by atoms with E-state index in [2.05, 4.69) is 22.2 Å². The van der Waals surface area contributed by atoms with Gasteiger partial charge in [0.2, 0.25) is 0 Å². The second-order valence-electron chi connectivity index (χ2n) is 3.36. The maximum Gasteiger partial charge on any atom is 0.347 e. The smallest absolute Gasteiger partial charge is 0.347 e. The highest BCUT2D eigenvalue weighted by molar-refractivity contribution is 5.88. The lowest BCUT2D eigenvalue weighted by atomic mass is 10.2. The largest absolute Gasteiger partial charge is 0.369 e. The van der Waals surface area contributed by atoms with Gasteiger partial charge in [-0.1, -0.05) is 19.1 Å². The molecule has 2 rings (SSSR count). The van der Waals surface area contributed by atoms with Crippen LogP contribution in [0.2, 0.25) is 0 Å². The Bertz CT molecular complexity index is 518. The Morgan fingerprint density at radius 1 is 1.40 bits per heavy atom. The van der Waals surface area contributed by atoms with Gasteiger partial charge in [0, 0.05) is 11.9 Å². The van der Waals surface area contributed by atoms with E-state index in [0.717, 1.165) is 23.9 Å².